The van der Waals surface area contributed by atoms with E-state index in [1.54, 1.807) is 30.3 Å². The van der Waals surface area contributed by atoms with E-state index in [0.29, 0.717) is 33.1 Å². The van der Waals surface area contributed by atoms with Crippen LogP contribution in [-0.2, 0) is 15.6 Å². The molecule has 0 amide bonds. The van der Waals surface area contributed by atoms with Gasteiger partial charge in [0.25, 0.3) is 0 Å². The Kier molecular flexibility index (Phi) is 3.92. The Hall–Kier alpha value is -3.58. The maximum atomic E-state index is 12.9. The highest BCUT2D eigenvalue weighted by Crippen LogP contribution is 2.38. The first-order chi connectivity index (χ1) is 14.0. The van der Waals surface area contributed by atoms with Crippen LogP contribution in [0.5, 0.6) is 5.88 Å². The van der Waals surface area contributed by atoms with Gasteiger partial charge in [0.15, 0.2) is 15.4 Å². The van der Waals surface area contributed by atoms with E-state index in [-0.39, 0.29) is 22.4 Å². The molecule has 0 bridgehead atoms. The number of aromatic hydroxyl groups is 1. The molecule has 7 heteroatoms. The molecule has 5 rings (SSSR count). The van der Waals surface area contributed by atoms with Gasteiger partial charge in [-0.1, -0.05) is 42.5 Å². The number of oxazole rings is 1. The number of nitrogens with zero attached hydrogens (tertiary/aromatic N) is 1. The van der Waals surface area contributed by atoms with Crippen LogP contribution in [0, 0.1) is 0 Å². The quantitative estimate of drug-likeness (QED) is 0.454. The Balaban J connectivity index is 1.64. The zero-order valence-corrected chi connectivity index (χ0v) is 16.0. The second-order valence-corrected chi connectivity index (χ2v) is 8.78. The molecule has 0 aliphatic heterocycles. The van der Waals surface area contributed by atoms with Crippen molar-refractivity contribution in [2.24, 2.45) is 0 Å². The number of hydrogen-bond donors (Lipinski definition) is 2. The highest BCUT2D eigenvalue weighted by atomic mass is 32.2. The van der Waals surface area contributed by atoms with Crippen LogP contribution in [0.3, 0.4) is 0 Å². The summed E-state index contributed by atoms with van der Waals surface area (Å²) < 4.78 is 31.6. The van der Waals surface area contributed by atoms with Crippen molar-refractivity contribution < 1.29 is 17.9 Å². The van der Waals surface area contributed by atoms with Crippen molar-refractivity contribution in [3.05, 3.63) is 78.4 Å². The second-order valence-electron chi connectivity index (χ2n) is 6.79. The third-order valence-electron chi connectivity index (χ3n) is 4.82. The highest BCUT2D eigenvalue weighted by molar-refractivity contribution is 7.90. The van der Waals surface area contributed by atoms with Crippen LogP contribution in [0.1, 0.15) is 5.56 Å². The number of para-hydroxylation sites is 2. The van der Waals surface area contributed by atoms with Gasteiger partial charge >= 0.3 is 0 Å². The van der Waals surface area contributed by atoms with Gasteiger partial charge < -0.3 is 14.5 Å². The molecule has 0 atom stereocenters. The van der Waals surface area contributed by atoms with E-state index in [2.05, 4.69) is 9.97 Å². The zero-order valence-electron chi connectivity index (χ0n) is 15.2. The molecule has 0 saturated carbocycles. The summed E-state index contributed by atoms with van der Waals surface area (Å²) in [4.78, 5) is 7.46. The predicted octanol–water partition coefficient (Wildman–Crippen LogP) is 4.66. The fourth-order valence-electron chi connectivity index (χ4n) is 3.42. The number of hydrogen-bond acceptors (Lipinski definition) is 5. The number of rotatable bonds is 4. The molecule has 144 valence electrons. The Morgan fingerprint density at radius 3 is 2.52 bits per heavy atom. The summed E-state index contributed by atoms with van der Waals surface area (Å²) in [7, 11) is -3.57. The molecule has 3 aromatic carbocycles. The summed E-state index contributed by atoms with van der Waals surface area (Å²) in [6.45, 7) is 0. The first-order valence-electron chi connectivity index (χ1n) is 8.98. The van der Waals surface area contributed by atoms with Crippen molar-refractivity contribution in [1.29, 1.82) is 0 Å². The second kappa shape index (κ2) is 6.49. The fraction of sp³-hybridized carbons (Fsp3) is 0.0455. The smallest absolute Gasteiger partial charge is 0.233 e. The lowest BCUT2D eigenvalue weighted by Gasteiger charge is -2.05. The van der Waals surface area contributed by atoms with Crippen LogP contribution in [0.4, 0.5) is 0 Å². The molecular formula is C22H16N2O4S. The third kappa shape index (κ3) is 3.05. The number of nitrogens with one attached hydrogen (secondary N) is 1. The summed E-state index contributed by atoms with van der Waals surface area (Å²) in [6.07, 6.45) is 0. The first kappa shape index (κ1) is 17.5. The molecule has 0 spiro atoms. The van der Waals surface area contributed by atoms with Crippen LogP contribution in [0.15, 0.2) is 82.1 Å². The van der Waals surface area contributed by atoms with Crippen LogP contribution >= 0.6 is 0 Å². The lowest BCUT2D eigenvalue weighted by Crippen LogP contribution is -2.04. The summed E-state index contributed by atoms with van der Waals surface area (Å²) in [6, 6.07) is 21.0. The maximum Gasteiger partial charge on any atom is 0.233 e. The molecule has 5 aromatic rings. The van der Waals surface area contributed by atoms with Gasteiger partial charge in [0, 0.05) is 10.9 Å². The molecule has 2 heterocycles. The van der Waals surface area contributed by atoms with Gasteiger partial charge in [0.05, 0.1) is 10.6 Å². The Morgan fingerprint density at radius 1 is 0.966 bits per heavy atom. The number of sulfone groups is 1. The van der Waals surface area contributed by atoms with Crippen LogP contribution < -0.4 is 0 Å². The average molecular weight is 404 g/mol. The molecular weight excluding hydrogens is 388 g/mol. The van der Waals surface area contributed by atoms with Crippen molar-refractivity contribution in [3.63, 3.8) is 0 Å². The van der Waals surface area contributed by atoms with Gasteiger partial charge in [-0.2, -0.15) is 0 Å². The van der Waals surface area contributed by atoms with Crippen molar-refractivity contribution in [3.8, 4) is 17.3 Å². The summed E-state index contributed by atoms with van der Waals surface area (Å²) >= 11 is 0. The average Bonchev–Trinajstić information content (AvgIpc) is 3.27. The van der Waals surface area contributed by atoms with Crippen molar-refractivity contribution in [2.45, 2.75) is 10.6 Å². The third-order valence-corrected chi connectivity index (χ3v) is 6.50. The van der Waals surface area contributed by atoms with Crippen LogP contribution in [0.2, 0.25) is 0 Å². The minimum Gasteiger partial charge on any atom is -0.494 e. The van der Waals surface area contributed by atoms with Gasteiger partial charge in [-0.15, -0.1) is 0 Å². The predicted molar refractivity (Wildman–Crippen MR) is 110 cm³/mol. The number of H-pyrrole nitrogens is 1. The lowest BCUT2D eigenvalue weighted by molar-refractivity contribution is 0.457. The molecule has 0 unspecified atom stereocenters. The number of aromatic amines is 1. The Morgan fingerprint density at radius 2 is 1.72 bits per heavy atom. The molecule has 2 aromatic heterocycles. The minimum atomic E-state index is -3.57. The molecule has 0 aliphatic rings. The molecule has 29 heavy (non-hydrogen) atoms. The SMILES string of the molecule is O=S(=O)(Cc1ccccc1)c1ccc2[nH]c(O)c(-c3nc4ccccc4o3)c2c1. The van der Waals surface area contributed by atoms with Crippen molar-refractivity contribution >= 4 is 31.8 Å². The Labute approximate surface area is 166 Å². The van der Waals surface area contributed by atoms with E-state index >= 15 is 0 Å². The van der Waals surface area contributed by atoms with E-state index < -0.39 is 9.84 Å². The van der Waals surface area contributed by atoms with E-state index in [0.717, 1.165) is 0 Å². The first-order valence-corrected chi connectivity index (χ1v) is 10.6. The molecule has 6 nitrogen and oxygen atoms in total. The van der Waals surface area contributed by atoms with E-state index in [1.165, 1.54) is 6.07 Å². The maximum absolute atomic E-state index is 12.9. The van der Waals surface area contributed by atoms with E-state index in [1.807, 2.05) is 36.4 Å². The minimum absolute atomic E-state index is 0.103. The lowest BCUT2D eigenvalue weighted by atomic mass is 10.1. The number of aromatic nitrogens is 2. The highest BCUT2D eigenvalue weighted by Gasteiger charge is 2.22. The van der Waals surface area contributed by atoms with Crippen molar-refractivity contribution in [2.75, 3.05) is 0 Å². The van der Waals surface area contributed by atoms with Gasteiger partial charge in [0.2, 0.25) is 11.8 Å². The van der Waals surface area contributed by atoms with Crippen LogP contribution in [0.25, 0.3) is 33.5 Å². The molecule has 0 saturated heterocycles. The van der Waals surface area contributed by atoms with E-state index in [9.17, 15) is 13.5 Å². The molecule has 2 N–H and O–H groups in total. The topological polar surface area (TPSA) is 96.2 Å². The van der Waals surface area contributed by atoms with E-state index in [4.69, 9.17) is 4.42 Å². The van der Waals surface area contributed by atoms with Gasteiger partial charge in [-0.3, -0.25) is 0 Å². The Bertz CT molecular complexity index is 1420. The van der Waals surface area contributed by atoms with Gasteiger partial charge in [0.1, 0.15) is 11.1 Å². The standard InChI is InChI=1S/C22H16N2O4S/c25-21-20(22-24-18-8-4-5-9-19(18)28-22)16-12-15(10-11-17(16)23-21)29(26,27)13-14-6-2-1-3-7-14/h1-12,23,25H,13H2. The fourth-order valence-corrected chi connectivity index (χ4v) is 4.79. The van der Waals surface area contributed by atoms with Crippen molar-refractivity contribution in [1.82, 2.24) is 9.97 Å². The summed E-state index contributed by atoms with van der Waals surface area (Å²) in [5.74, 6) is 0.00487. The summed E-state index contributed by atoms with van der Waals surface area (Å²) in [5, 5.41) is 11.0. The largest absolute Gasteiger partial charge is 0.494 e. The molecule has 0 radical (unpaired) electrons. The number of benzene rings is 3. The molecule has 0 aliphatic carbocycles. The van der Waals surface area contributed by atoms with Gasteiger partial charge in [-0.25, -0.2) is 13.4 Å². The van der Waals surface area contributed by atoms with Crippen LogP contribution in [-0.4, -0.2) is 23.5 Å². The zero-order chi connectivity index (χ0) is 20.0. The molecule has 0 fully saturated rings. The number of fused-ring (bicyclic) bond motifs is 2. The van der Waals surface area contributed by atoms with Gasteiger partial charge in [-0.05, 0) is 35.9 Å². The monoisotopic (exact) mass is 404 g/mol. The summed E-state index contributed by atoms with van der Waals surface area (Å²) in [5.41, 5.74) is 2.89. The normalized spacial score (nSPS) is 12.0.